The van der Waals surface area contributed by atoms with Crippen LogP contribution in [-0.2, 0) is 6.54 Å². The lowest BCUT2D eigenvalue weighted by molar-refractivity contribution is 0.194. The third-order valence-electron chi connectivity index (χ3n) is 4.08. The molecular weight excluding hydrogens is 286 g/mol. The van der Waals surface area contributed by atoms with E-state index in [1.807, 2.05) is 70.5 Å². The molecule has 23 heavy (non-hydrogen) atoms. The van der Waals surface area contributed by atoms with Crippen molar-refractivity contribution >= 4 is 11.7 Å². The first-order valence-corrected chi connectivity index (χ1v) is 7.81. The molecule has 0 fully saturated rings. The van der Waals surface area contributed by atoms with Crippen LogP contribution in [0.4, 0.5) is 10.5 Å². The number of hydrogen-bond acceptors (Lipinski definition) is 2. The zero-order valence-electron chi connectivity index (χ0n) is 14.3. The van der Waals surface area contributed by atoms with Crippen molar-refractivity contribution in [3.63, 3.8) is 0 Å². The van der Waals surface area contributed by atoms with Crippen molar-refractivity contribution in [3.8, 4) is 0 Å². The van der Waals surface area contributed by atoms with Gasteiger partial charge in [-0.3, -0.25) is 0 Å². The zero-order chi connectivity index (χ0) is 16.8. The summed E-state index contributed by atoms with van der Waals surface area (Å²) < 4.78 is 0. The topological polar surface area (TPSA) is 35.6 Å². The minimum absolute atomic E-state index is 0.0346. The van der Waals surface area contributed by atoms with E-state index in [0.717, 1.165) is 16.8 Å². The number of benzene rings is 2. The molecule has 0 aromatic heterocycles. The first kappa shape index (κ1) is 16.9. The molecule has 0 unspecified atom stereocenters. The van der Waals surface area contributed by atoms with E-state index in [-0.39, 0.29) is 12.1 Å². The van der Waals surface area contributed by atoms with E-state index in [1.165, 1.54) is 0 Å². The van der Waals surface area contributed by atoms with E-state index in [2.05, 4.69) is 22.3 Å². The molecule has 0 aliphatic rings. The van der Waals surface area contributed by atoms with E-state index in [4.69, 9.17) is 0 Å². The van der Waals surface area contributed by atoms with Gasteiger partial charge in [-0.25, -0.2) is 4.79 Å². The van der Waals surface area contributed by atoms with Gasteiger partial charge in [0.2, 0.25) is 0 Å². The molecule has 0 aliphatic carbocycles. The van der Waals surface area contributed by atoms with Gasteiger partial charge < -0.3 is 15.1 Å². The second kappa shape index (κ2) is 7.68. The molecule has 0 radical (unpaired) electrons. The molecule has 2 aromatic rings. The third kappa shape index (κ3) is 4.49. The van der Waals surface area contributed by atoms with Gasteiger partial charge in [0.05, 0.1) is 6.04 Å². The number of amides is 2. The van der Waals surface area contributed by atoms with Gasteiger partial charge in [0.15, 0.2) is 0 Å². The standard InChI is InChI=1S/C19H25N3O/c1-15(17-8-6-5-7-9-17)22(4)19(23)20-14-16-10-12-18(13-11-16)21(2)3/h5-13,15H,14H2,1-4H3,(H,20,23)/t15-/m0/s1. The normalized spacial score (nSPS) is 11.7. The molecule has 1 atom stereocenters. The smallest absolute Gasteiger partial charge is 0.317 e. The maximum atomic E-state index is 12.3. The Balaban J connectivity index is 1.91. The Labute approximate surface area is 138 Å². The van der Waals surface area contributed by atoms with Crippen LogP contribution < -0.4 is 10.2 Å². The summed E-state index contributed by atoms with van der Waals surface area (Å²) in [6.45, 7) is 2.55. The van der Waals surface area contributed by atoms with Crippen molar-refractivity contribution < 1.29 is 4.79 Å². The lowest BCUT2D eigenvalue weighted by Gasteiger charge is -2.25. The molecule has 0 spiro atoms. The molecule has 122 valence electrons. The molecule has 0 saturated carbocycles. The van der Waals surface area contributed by atoms with Gasteiger partial charge in [-0.2, -0.15) is 0 Å². The average molecular weight is 311 g/mol. The zero-order valence-corrected chi connectivity index (χ0v) is 14.3. The predicted octanol–water partition coefficient (Wildman–Crippen LogP) is 3.66. The summed E-state index contributed by atoms with van der Waals surface area (Å²) in [6.07, 6.45) is 0. The second-order valence-corrected chi connectivity index (χ2v) is 5.92. The van der Waals surface area contributed by atoms with E-state index < -0.39 is 0 Å². The highest BCUT2D eigenvalue weighted by Gasteiger charge is 2.16. The van der Waals surface area contributed by atoms with Crippen LogP contribution in [0.3, 0.4) is 0 Å². The molecule has 2 amide bonds. The van der Waals surface area contributed by atoms with Crippen LogP contribution in [0.15, 0.2) is 54.6 Å². The molecule has 4 heteroatoms. The lowest BCUT2D eigenvalue weighted by atomic mass is 10.1. The Morgan fingerprint density at radius 2 is 1.61 bits per heavy atom. The summed E-state index contributed by atoms with van der Waals surface area (Å²) in [5.41, 5.74) is 3.36. The number of nitrogens with zero attached hydrogens (tertiary/aromatic N) is 2. The van der Waals surface area contributed by atoms with E-state index in [1.54, 1.807) is 4.90 Å². The fourth-order valence-electron chi connectivity index (χ4n) is 2.35. The van der Waals surface area contributed by atoms with Gasteiger partial charge in [0.25, 0.3) is 0 Å². The first-order chi connectivity index (χ1) is 11.0. The highest BCUT2D eigenvalue weighted by molar-refractivity contribution is 5.74. The fraction of sp³-hybridized carbons (Fsp3) is 0.316. The molecule has 0 heterocycles. The summed E-state index contributed by atoms with van der Waals surface area (Å²) in [4.78, 5) is 16.1. The predicted molar refractivity (Wildman–Crippen MR) is 95.6 cm³/mol. The fourth-order valence-corrected chi connectivity index (χ4v) is 2.35. The molecule has 0 aliphatic heterocycles. The Hall–Kier alpha value is -2.49. The van der Waals surface area contributed by atoms with Gasteiger partial charge in [-0.1, -0.05) is 42.5 Å². The van der Waals surface area contributed by atoms with E-state index >= 15 is 0 Å². The summed E-state index contributed by atoms with van der Waals surface area (Å²) >= 11 is 0. The summed E-state index contributed by atoms with van der Waals surface area (Å²) in [5.74, 6) is 0. The highest BCUT2D eigenvalue weighted by atomic mass is 16.2. The number of urea groups is 1. The number of hydrogen-bond donors (Lipinski definition) is 1. The van der Waals surface area contributed by atoms with Crippen molar-refractivity contribution in [2.75, 3.05) is 26.0 Å². The van der Waals surface area contributed by atoms with Crippen LogP contribution in [0.5, 0.6) is 0 Å². The van der Waals surface area contributed by atoms with Crippen molar-refractivity contribution in [2.24, 2.45) is 0 Å². The van der Waals surface area contributed by atoms with Crippen LogP contribution in [-0.4, -0.2) is 32.1 Å². The molecule has 2 aromatic carbocycles. The molecule has 2 rings (SSSR count). The average Bonchev–Trinajstić information content (AvgIpc) is 2.59. The van der Waals surface area contributed by atoms with Gasteiger partial charge in [-0.15, -0.1) is 0 Å². The molecule has 0 saturated heterocycles. The third-order valence-corrected chi connectivity index (χ3v) is 4.08. The maximum Gasteiger partial charge on any atom is 0.317 e. The van der Waals surface area contributed by atoms with Gasteiger partial charge in [0.1, 0.15) is 0 Å². The van der Waals surface area contributed by atoms with Crippen LogP contribution in [0.2, 0.25) is 0 Å². The first-order valence-electron chi connectivity index (χ1n) is 7.81. The van der Waals surface area contributed by atoms with Crippen LogP contribution in [0.25, 0.3) is 0 Å². The van der Waals surface area contributed by atoms with Gasteiger partial charge in [0, 0.05) is 33.4 Å². The van der Waals surface area contributed by atoms with Crippen LogP contribution in [0.1, 0.15) is 24.1 Å². The van der Waals surface area contributed by atoms with E-state index in [0.29, 0.717) is 6.54 Å². The quantitative estimate of drug-likeness (QED) is 0.915. The Morgan fingerprint density at radius 1 is 1.00 bits per heavy atom. The minimum atomic E-state index is -0.0713. The molecule has 4 nitrogen and oxygen atoms in total. The Bertz CT molecular complexity index is 623. The molecular formula is C19H25N3O. The minimum Gasteiger partial charge on any atom is -0.378 e. The number of anilines is 1. The molecule has 0 bridgehead atoms. The molecule has 1 N–H and O–H groups in total. The lowest BCUT2D eigenvalue weighted by Crippen LogP contribution is -2.38. The summed E-state index contributed by atoms with van der Waals surface area (Å²) in [6, 6.07) is 18.2. The second-order valence-electron chi connectivity index (χ2n) is 5.92. The van der Waals surface area contributed by atoms with Crippen molar-refractivity contribution in [1.29, 1.82) is 0 Å². The van der Waals surface area contributed by atoms with Gasteiger partial charge in [-0.05, 0) is 30.2 Å². The van der Waals surface area contributed by atoms with Crippen LogP contribution in [0, 0.1) is 0 Å². The maximum absolute atomic E-state index is 12.3. The Morgan fingerprint density at radius 3 is 2.17 bits per heavy atom. The number of rotatable bonds is 5. The van der Waals surface area contributed by atoms with Crippen molar-refractivity contribution in [1.82, 2.24) is 10.2 Å². The van der Waals surface area contributed by atoms with Crippen molar-refractivity contribution in [3.05, 3.63) is 65.7 Å². The van der Waals surface area contributed by atoms with Crippen molar-refractivity contribution in [2.45, 2.75) is 19.5 Å². The Kier molecular flexibility index (Phi) is 5.63. The number of carbonyl (C=O) groups excluding carboxylic acids is 1. The van der Waals surface area contributed by atoms with Gasteiger partial charge >= 0.3 is 6.03 Å². The largest absolute Gasteiger partial charge is 0.378 e. The highest BCUT2D eigenvalue weighted by Crippen LogP contribution is 2.18. The van der Waals surface area contributed by atoms with Crippen LogP contribution >= 0.6 is 0 Å². The summed E-state index contributed by atoms with van der Waals surface area (Å²) in [7, 11) is 5.84. The SMILES string of the molecule is C[C@@H](c1ccccc1)N(C)C(=O)NCc1ccc(N(C)C)cc1. The number of carbonyl (C=O) groups is 1. The van der Waals surface area contributed by atoms with E-state index in [9.17, 15) is 4.79 Å². The monoisotopic (exact) mass is 311 g/mol. The number of nitrogens with one attached hydrogen (secondary N) is 1. The summed E-state index contributed by atoms with van der Waals surface area (Å²) in [5, 5.41) is 2.97.